The van der Waals surface area contributed by atoms with Crippen molar-refractivity contribution in [3.63, 3.8) is 0 Å². The van der Waals surface area contributed by atoms with Gasteiger partial charge in [0, 0.05) is 29.7 Å². The number of hydrogen-bond donors (Lipinski definition) is 2. The molecule has 2 rings (SSSR count). The number of aliphatic hydroxyl groups is 1. The Morgan fingerprint density at radius 2 is 2.29 bits per heavy atom. The van der Waals surface area contributed by atoms with Gasteiger partial charge in [-0.3, -0.25) is 0 Å². The SMILES string of the molecule is CCCn1cc(S(=O)(=O)NCC2(C)CCCS2)cc1CO. The quantitative estimate of drug-likeness (QED) is 0.801. The molecular formula is C14H24N2O3S2. The first-order valence-electron chi connectivity index (χ1n) is 7.34. The number of sulfonamides is 1. The summed E-state index contributed by atoms with van der Waals surface area (Å²) in [7, 11) is -3.51. The number of thioether (sulfide) groups is 1. The minimum atomic E-state index is -3.51. The Balaban J connectivity index is 2.11. The average molecular weight is 332 g/mol. The highest BCUT2D eigenvalue weighted by molar-refractivity contribution is 8.01. The minimum Gasteiger partial charge on any atom is -0.390 e. The van der Waals surface area contributed by atoms with Crippen molar-refractivity contribution in [1.29, 1.82) is 0 Å². The van der Waals surface area contributed by atoms with E-state index in [-0.39, 0.29) is 16.2 Å². The van der Waals surface area contributed by atoms with Gasteiger partial charge in [0.2, 0.25) is 10.0 Å². The number of aliphatic hydroxyl groups excluding tert-OH is 1. The molecule has 1 saturated heterocycles. The van der Waals surface area contributed by atoms with Gasteiger partial charge in [0.15, 0.2) is 0 Å². The lowest BCUT2D eigenvalue weighted by Gasteiger charge is -2.22. The van der Waals surface area contributed by atoms with Crippen LogP contribution in [0.25, 0.3) is 0 Å². The van der Waals surface area contributed by atoms with E-state index in [9.17, 15) is 13.5 Å². The van der Waals surface area contributed by atoms with Gasteiger partial charge in [0.25, 0.3) is 0 Å². The highest BCUT2D eigenvalue weighted by atomic mass is 32.2. The molecule has 5 nitrogen and oxygen atoms in total. The van der Waals surface area contributed by atoms with Gasteiger partial charge in [-0.05, 0) is 38.0 Å². The number of nitrogens with one attached hydrogen (secondary N) is 1. The molecule has 1 aliphatic heterocycles. The van der Waals surface area contributed by atoms with Crippen molar-refractivity contribution in [2.24, 2.45) is 0 Å². The second-order valence-electron chi connectivity index (χ2n) is 5.75. The van der Waals surface area contributed by atoms with Gasteiger partial charge in [0.05, 0.1) is 11.5 Å². The number of rotatable bonds is 7. The number of aromatic nitrogens is 1. The first-order chi connectivity index (χ1) is 9.90. The van der Waals surface area contributed by atoms with Crippen LogP contribution in [0, 0.1) is 0 Å². The molecule has 21 heavy (non-hydrogen) atoms. The van der Waals surface area contributed by atoms with Crippen molar-refractivity contribution in [1.82, 2.24) is 9.29 Å². The molecule has 2 heterocycles. The van der Waals surface area contributed by atoms with Crippen LogP contribution in [-0.2, 0) is 23.2 Å². The van der Waals surface area contributed by atoms with Crippen LogP contribution in [-0.4, -0.2) is 35.1 Å². The van der Waals surface area contributed by atoms with Gasteiger partial charge in [0.1, 0.15) is 0 Å². The van der Waals surface area contributed by atoms with Crippen LogP contribution in [0.2, 0.25) is 0 Å². The molecule has 1 unspecified atom stereocenters. The van der Waals surface area contributed by atoms with Crippen LogP contribution in [0.3, 0.4) is 0 Å². The molecule has 0 spiro atoms. The topological polar surface area (TPSA) is 71.3 Å². The summed E-state index contributed by atoms with van der Waals surface area (Å²) in [5.41, 5.74) is 0.638. The lowest BCUT2D eigenvalue weighted by atomic mass is 10.1. The highest BCUT2D eigenvalue weighted by Crippen LogP contribution is 2.37. The summed E-state index contributed by atoms with van der Waals surface area (Å²) in [6, 6.07) is 1.56. The lowest BCUT2D eigenvalue weighted by Crippen LogP contribution is -2.36. The van der Waals surface area contributed by atoms with Gasteiger partial charge in [-0.2, -0.15) is 11.8 Å². The molecular weight excluding hydrogens is 308 g/mol. The van der Waals surface area contributed by atoms with E-state index in [0.29, 0.717) is 18.8 Å². The van der Waals surface area contributed by atoms with Crippen LogP contribution >= 0.6 is 11.8 Å². The maximum atomic E-state index is 12.4. The lowest BCUT2D eigenvalue weighted by molar-refractivity contribution is 0.270. The zero-order valence-corrected chi connectivity index (χ0v) is 14.3. The van der Waals surface area contributed by atoms with E-state index in [0.717, 1.165) is 25.0 Å². The standard InChI is InChI=1S/C14H24N2O3S2/c1-3-6-16-9-13(8-12(16)10-17)21(18,19)15-11-14(2)5-4-7-20-14/h8-9,15,17H,3-7,10-11H2,1-2H3. The summed E-state index contributed by atoms with van der Waals surface area (Å²) >= 11 is 1.83. The number of nitrogens with zero attached hydrogens (tertiary/aromatic N) is 1. The highest BCUT2D eigenvalue weighted by Gasteiger charge is 2.31. The summed E-state index contributed by atoms with van der Waals surface area (Å²) in [5.74, 6) is 1.10. The van der Waals surface area contributed by atoms with E-state index in [1.54, 1.807) is 16.8 Å². The molecule has 0 saturated carbocycles. The van der Waals surface area contributed by atoms with E-state index >= 15 is 0 Å². The third-order valence-electron chi connectivity index (χ3n) is 3.83. The second kappa shape index (κ2) is 6.73. The van der Waals surface area contributed by atoms with Gasteiger partial charge in [-0.1, -0.05) is 6.92 Å². The molecule has 2 N–H and O–H groups in total. The van der Waals surface area contributed by atoms with E-state index in [1.807, 2.05) is 18.7 Å². The summed E-state index contributed by atoms with van der Waals surface area (Å²) < 4.78 is 29.3. The van der Waals surface area contributed by atoms with Crippen LogP contribution < -0.4 is 4.72 Å². The van der Waals surface area contributed by atoms with Crippen molar-refractivity contribution in [3.05, 3.63) is 18.0 Å². The Bertz CT molecular complexity index is 575. The monoisotopic (exact) mass is 332 g/mol. The molecule has 1 atom stereocenters. The second-order valence-corrected chi connectivity index (χ2v) is 9.19. The molecule has 1 aromatic heterocycles. The first kappa shape index (κ1) is 16.9. The molecule has 1 aromatic rings. The van der Waals surface area contributed by atoms with Crippen molar-refractivity contribution >= 4 is 21.8 Å². The Labute approximate surface area is 131 Å². The van der Waals surface area contributed by atoms with Crippen LogP contribution in [0.15, 0.2) is 17.2 Å². The average Bonchev–Trinajstić information content (AvgIpc) is 3.05. The van der Waals surface area contributed by atoms with Crippen molar-refractivity contribution in [3.8, 4) is 0 Å². The molecule has 0 aromatic carbocycles. The predicted octanol–water partition coefficient (Wildman–Crippen LogP) is 1.95. The molecule has 1 fully saturated rings. The first-order valence-corrected chi connectivity index (χ1v) is 9.80. The predicted molar refractivity (Wildman–Crippen MR) is 85.9 cm³/mol. The molecule has 0 amide bonds. The fourth-order valence-corrected chi connectivity index (χ4v) is 5.13. The van der Waals surface area contributed by atoms with Crippen molar-refractivity contribution < 1.29 is 13.5 Å². The van der Waals surface area contributed by atoms with Gasteiger partial charge in [-0.25, -0.2) is 13.1 Å². The maximum absolute atomic E-state index is 12.4. The van der Waals surface area contributed by atoms with E-state index in [2.05, 4.69) is 11.6 Å². The molecule has 1 aliphatic rings. The van der Waals surface area contributed by atoms with E-state index < -0.39 is 10.0 Å². The van der Waals surface area contributed by atoms with E-state index in [4.69, 9.17) is 0 Å². The number of hydrogen-bond acceptors (Lipinski definition) is 4. The maximum Gasteiger partial charge on any atom is 0.242 e. The molecule has 120 valence electrons. The smallest absolute Gasteiger partial charge is 0.242 e. The van der Waals surface area contributed by atoms with Gasteiger partial charge < -0.3 is 9.67 Å². The molecule has 0 aliphatic carbocycles. The Morgan fingerprint density at radius 1 is 1.52 bits per heavy atom. The third kappa shape index (κ3) is 4.03. The molecule has 7 heteroatoms. The normalized spacial score (nSPS) is 22.8. The van der Waals surface area contributed by atoms with Gasteiger partial charge >= 0.3 is 0 Å². The molecule has 0 bridgehead atoms. The van der Waals surface area contributed by atoms with Crippen LogP contribution in [0.4, 0.5) is 0 Å². The summed E-state index contributed by atoms with van der Waals surface area (Å²) in [4.78, 5) is 0.242. The molecule has 0 radical (unpaired) electrons. The summed E-state index contributed by atoms with van der Waals surface area (Å²) in [6.45, 7) is 5.13. The zero-order valence-electron chi connectivity index (χ0n) is 12.6. The Kier molecular flexibility index (Phi) is 5.40. The summed E-state index contributed by atoms with van der Waals surface area (Å²) in [5, 5.41) is 9.33. The Morgan fingerprint density at radius 3 is 2.86 bits per heavy atom. The van der Waals surface area contributed by atoms with Crippen molar-refractivity contribution in [2.75, 3.05) is 12.3 Å². The van der Waals surface area contributed by atoms with Crippen LogP contribution in [0.5, 0.6) is 0 Å². The number of aryl methyl sites for hydroxylation is 1. The van der Waals surface area contributed by atoms with E-state index in [1.165, 1.54) is 0 Å². The van der Waals surface area contributed by atoms with Crippen molar-refractivity contribution in [2.45, 2.75) is 55.9 Å². The largest absolute Gasteiger partial charge is 0.390 e. The third-order valence-corrected chi connectivity index (χ3v) is 6.74. The van der Waals surface area contributed by atoms with Gasteiger partial charge in [-0.15, -0.1) is 0 Å². The minimum absolute atomic E-state index is 0.00113. The Hall–Kier alpha value is -0.500. The fourth-order valence-electron chi connectivity index (χ4n) is 2.56. The zero-order chi connectivity index (χ0) is 15.5. The summed E-state index contributed by atoms with van der Waals surface area (Å²) in [6.07, 6.45) is 4.69. The fraction of sp³-hybridized carbons (Fsp3) is 0.714. The van der Waals surface area contributed by atoms with Crippen LogP contribution in [0.1, 0.15) is 38.8 Å².